The fraction of sp³-hybridized carbons (Fsp3) is 0.800. The predicted molar refractivity (Wildman–Crippen MR) is 80.2 cm³/mol. The van der Waals surface area contributed by atoms with Crippen molar-refractivity contribution in [2.45, 2.75) is 48.5 Å². The number of nitrogens with two attached hydrogens (primary N) is 1. The van der Waals surface area contributed by atoms with Crippen LogP contribution in [0.5, 0.6) is 0 Å². The second-order valence-corrected chi connectivity index (χ2v) is 5.52. The van der Waals surface area contributed by atoms with Crippen molar-refractivity contribution in [3.8, 4) is 0 Å². The molecule has 1 amide bonds. The molecule has 0 spiro atoms. The van der Waals surface area contributed by atoms with E-state index >= 15 is 0 Å². The first-order chi connectivity index (χ1) is 9.52. The molecule has 0 aliphatic rings. The number of ether oxygens (including phenoxy) is 2. The van der Waals surface area contributed by atoms with E-state index in [-0.39, 0.29) is 25.0 Å². The highest BCUT2D eigenvalue weighted by molar-refractivity contribution is 5.95. The van der Waals surface area contributed by atoms with Crippen LogP contribution >= 0.6 is 0 Å². The first-order valence-corrected chi connectivity index (χ1v) is 7.11. The van der Waals surface area contributed by atoms with E-state index < -0.39 is 23.3 Å². The number of rotatable bonds is 6. The van der Waals surface area contributed by atoms with Gasteiger partial charge in [0.2, 0.25) is 5.91 Å². The summed E-state index contributed by atoms with van der Waals surface area (Å²) in [6, 6.07) is 0. The van der Waals surface area contributed by atoms with Gasteiger partial charge in [-0.15, -0.1) is 0 Å². The van der Waals surface area contributed by atoms with Gasteiger partial charge in [-0.05, 0) is 25.2 Å². The molecule has 0 aliphatic heterocycles. The zero-order chi connectivity index (χ0) is 17.2. The Kier molecular flexibility index (Phi) is 10.5. The van der Waals surface area contributed by atoms with E-state index in [4.69, 9.17) is 9.47 Å². The van der Waals surface area contributed by atoms with Crippen molar-refractivity contribution in [3.63, 3.8) is 0 Å². The van der Waals surface area contributed by atoms with Crippen LogP contribution in [0.25, 0.3) is 0 Å². The normalized spacial score (nSPS) is 10.7. The minimum Gasteiger partial charge on any atom is -0.465 e. The van der Waals surface area contributed by atoms with Gasteiger partial charge in [0.05, 0.1) is 13.2 Å². The highest BCUT2D eigenvalue weighted by atomic mass is 16.6. The van der Waals surface area contributed by atoms with Crippen molar-refractivity contribution in [2.24, 2.45) is 23.0 Å². The van der Waals surface area contributed by atoms with E-state index in [1.165, 1.54) is 6.92 Å². The first kappa shape index (κ1) is 21.7. The van der Waals surface area contributed by atoms with Crippen LogP contribution in [0.4, 0.5) is 0 Å². The SMILES string of the molecule is CC(N)=O.CCOC(=O)C(C(=O)OCC)C(C)(C)C(C)C. The molecule has 6 nitrogen and oxygen atoms in total. The maximum atomic E-state index is 11.9. The van der Waals surface area contributed by atoms with Crippen LogP contribution in [0.3, 0.4) is 0 Å². The molecule has 0 unspecified atom stereocenters. The molecule has 0 saturated carbocycles. The second kappa shape index (κ2) is 10.2. The van der Waals surface area contributed by atoms with Crippen LogP contribution in [-0.2, 0) is 23.9 Å². The molecule has 0 aromatic carbocycles. The number of hydrogen-bond donors (Lipinski definition) is 1. The second-order valence-electron chi connectivity index (χ2n) is 5.52. The number of carbonyl (C=O) groups is 3. The molecule has 0 atom stereocenters. The average Bonchev–Trinajstić information content (AvgIpc) is 2.28. The Morgan fingerprint density at radius 1 is 1.00 bits per heavy atom. The minimum absolute atomic E-state index is 0.168. The molecular weight excluding hydrogens is 274 g/mol. The molecular formula is C15H29NO5. The predicted octanol–water partition coefficient (Wildman–Crippen LogP) is 1.90. The number of primary amides is 1. The van der Waals surface area contributed by atoms with Gasteiger partial charge in [-0.2, -0.15) is 0 Å². The third-order valence-electron chi connectivity index (χ3n) is 3.28. The third kappa shape index (κ3) is 8.32. The van der Waals surface area contributed by atoms with E-state index in [1.54, 1.807) is 13.8 Å². The van der Waals surface area contributed by atoms with Crippen LogP contribution in [0.2, 0.25) is 0 Å². The van der Waals surface area contributed by atoms with Crippen molar-refractivity contribution >= 4 is 17.8 Å². The summed E-state index contributed by atoms with van der Waals surface area (Å²) in [5, 5.41) is 0. The summed E-state index contributed by atoms with van der Waals surface area (Å²) in [4.78, 5) is 33.0. The zero-order valence-corrected chi connectivity index (χ0v) is 14.2. The molecule has 0 bridgehead atoms. The summed E-state index contributed by atoms with van der Waals surface area (Å²) in [6.45, 7) is 13.0. The largest absolute Gasteiger partial charge is 0.465 e. The van der Waals surface area contributed by atoms with E-state index in [0.717, 1.165) is 0 Å². The van der Waals surface area contributed by atoms with Crippen LogP contribution < -0.4 is 5.73 Å². The molecule has 0 aliphatic carbocycles. The van der Waals surface area contributed by atoms with E-state index in [1.807, 2.05) is 27.7 Å². The Bertz CT molecular complexity index is 328. The molecule has 0 heterocycles. The molecule has 21 heavy (non-hydrogen) atoms. The van der Waals surface area contributed by atoms with E-state index in [0.29, 0.717) is 0 Å². The quantitative estimate of drug-likeness (QED) is 0.597. The summed E-state index contributed by atoms with van der Waals surface area (Å²) in [6.07, 6.45) is 0. The number of hydrogen-bond acceptors (Lipinski definition) is 5. The Labute approximate surface area is 127 Å². The molecule has 0 aromatic rings. The van der Waals surface area contributed by atoms with Gasteiger partial charge in [0, 0.05) is 6.92 Å². The van der Waals surface area contributed by atoms with Gasteiger partial charge in [-0.3, -0.25) is 14.4 Å². The lowest BCUT2D eigenvalue weighted by Gasteiger charge is -2.34. The van der Waals surface area contributed by atoms with Crippen molar-refractivity contribution < 1.29 is 23.9 Å². The van der Waals surface area contributed by atoms with Gasteiger partial charge in [-0.1, -0.05) is 27.7 Å². The lowest BCUT2D eigenvalue weighted by molar-refractivity contribution is -0.169. The van der Waals surface area contributed by atoms with Gasteiger partial charge in [0.15, 0.2) is 5.92 Å². The van der Waals surface area contributed by atoms with Crippen LogP contribution in [0.15, 0.2) is 0 Å². The lowest BCUT2D eigenvalue weighted by atomic mass is 9.70. The summed E-state index contributed by atoms with van der Waals surface area (Å²) in [7, 11) is 0. The minimum atomic E-state index is -0.859. The molecule has 0 radical (unpaired) electrons. The molecule has 6 heteroatoms. The summed E-state index contributed by atoms with van der Waals surface area (Å²) in [5.41, 5.74) is 3.98. The molecule has 0 saturated heterocycles. The summed E-state index contributed by atoms with van der Waals surface area (Å²) in [5.74, 6) is -2.02. The third-order valence-corrected chi connectivity index (χ3v) is 3.28. The van der Waals surface area contributed by atoms with Crippen LogP contribution in [0, 0.1) is 17.3 Å². The van der Waals surface area contributed by atoms with Crippen LogP contribution in [0.1, 0.15) is 48.5 Å². The van der Waals surface area contributed by atoms with Crippen LogP contribution in [-0.4, -0.2) is 31.1 Å². The highest BCUT2D eigenvalue weighted by Crippen LogP contribution is 2.36. The Hall–Kier alpha value is -1.59. The Balaban J connectivity index is 0. The van der Waals surface area contributed by atoms with Gasteiger partial charge in [-0.25, -0.2) is 0 Å². The molecule has 0 rings (SSSR count). The number of amides is 1. The lowest BCUT2D eigenvalue weighted by Crippen LogP contribution is -2.42. The van der Waals surface area contributed by atoms with Gasteiger partial charge < -0.3 is 15.2 Å². The number of carbonyl (C=O) groups excluding carboxylic acids is 3. The van der Waals surface area contributed by atoms with E-state index in [2.05, 4.69) is 5.73 Å². The Morgan fingerprint density at radius 2 is 1.29 bits per heavy atom. The molecule has 2 N–H and O–H groups in total. The monoisotopic (exact) mass is 303 g/mol. The van der Waals surface area contributed by atoms with Crippen molar-refractivity contribution in [3.05, 3.63) is 0 Å². The first-order valence-electron chi connectivity index (χ1n) is 7.11. The van der Waals surface area contributed by atoms with E-state index in [9.17, 15) is 14.4 Å². The zero-order valence-electron chi connectivity index (χ0n) is 14.2. The maximum Gasteiger partial charge on any atom is 0.320 e. The Morgan fingerprint density at radius 3 is 1.48 bits per heavy atom. The fourth-order valence-electron chi connectivity index (χ4n) is 1.49. The molecule has 0 aromatic heterocycles. The van der Waals surface area contributed by atoms with Crippen molar-refractivity contribution in [1.29, 1.82) is 0 Å². The summed E-state index contributed by atoms with van der Waals surface area (Å²) < 4.78 is 9.94. The van der Waals surface area contributed by atoms with Gasteiger partial charge >= 0.3 is 11.9 Å². The van der Waals surface area contributed by atoms with Crippen molar-refractivity contribution in [1.82, 2.24) is 0 Å². The molecule has 124 valence electrons. The van der Waals surface area contributed by atoms with Gasteiger partial charge in [0.25, 0.3) is 0 Å². The van der Waals surface area contributed by atoms with Gasteiger partial charge in [0.1, 0.15) is 0 Å². The van der Waals surface area contributed by atoms with Crippen molar-refractivity contribution in [2.75, 3.05) is 13.2 Å². The number of esters is 2. The smallest absolute Gasteiger partial charge is 0.320 e. The standard InChI is InChI=1S/C13H24O4.C2H5NO/c1-7-16-11(14)10(12(15)17-8-2)13(5,6)9(3)4;1-2(3)4/h9-10H,7-8H2,1-6H3;1H3,(H2,3,4). The fourth-order valence-corrected chi connectivity index (χ4v) is 1.49. The highest BCUT2D eigenvalue weighted by Gasteiger charge is 2.44. The topological polar surface area (TPSA) is 95.7 Å². The molecule has 0 fully saturated rings. The maximum absolute atomic E-state index is 11.9. The summed E-state index contributed by atoms with van der Waals surface area (Å²) >= 11 is 0. The average molecular weight is 303 g/mol.